The van der Waals surface area contributed by atoms with Crippen LogP contribution < -0.4 is 0 Å². The largest absolute Gasteiger partial charge is 0.304 e. The first-order valence-electron chi connectivity index (χ1n) is 4.43. The Hall–Kier alpha value is -0.870. The van der Waals surface area contributed by atoms with E-state index in [2.05, 4.69) is 0 Å². The monoisotopic (exact) mass is 213 g/mol. The van der Waals surface area contributed by atoms with E-state index in [1.807, 2.05) is 0 Å². The maximum atomic E-state index is 11.1. The van der Waals surface area contributed by atoms with Crippen LogP contribution in [0.3, 0.4) is 0 Å². The van der Waals surface area contributed by atoms with E-state index in [0.717, 1.165) is 0 Å². The molecule has 1 atom stereocenters. The molecule has 1 aromatic carbocycles. The van der Waals surface area contributed by atoms with Crippen LogP contribution in [0, 0.1) is 0 Å². The van der Waals surface area contributed by atoms with Gasteiger partial charge in [0.1, 0.15) is 4.75 Å². The van der Waals surface area contributed by atoms with Crippen LogP contribution in [0.15, 0.2) is 30.3 Å². The Morgan fingerprint density at radius 2 is 1.71 bits per heavy atom. The molecule has 0 aliphatic heterocycles. The second-order valence-electron chi connectivity index (χ2n) is 3.40. The quantitative estimate of drug-likeness (QED) is 0.771. The molecule has 1 aromatic rings. The molecular weight excluding hydrogens is 200 g/mol. The maximum Gasteiger partial charge on any atom is 0.304 e. The molecule has 0 bridgehead atoms. The summed E-state index contributed by atoms with van der Waals surface area (Å²) in [7, 11) is -4.32. The minimum absolute atomic E-state index is 0.281. The van der Waals surface area contributed by atoms with E-state index >= 15 is 0 Å². The Balaban J connectivity index is 3.30. The van der Waals surface area contributed by atoms with Crippen LogP contribution in [0.2, 0.25) is 0 Å². The van der Waals surface area contributed by atoms with Gasteiger partial charge in [-0.15, -0.1) is 0 Å². The summed E-state index contributed by atoms with van der Waals surface area (Å²) in [6.07, 6.45) is 0.281. The van der Waals surface area contributed by atoms with Gasteiger partial charge in [-0.1, -0.05) is 41.8 Å². The summed E-state index contributed by atoms with van der Waals surface area (Å²) in [5.41, 5.74) is 0.553. The second-order valence-corrected chi connectivity index (χ2v) is 5.21. The summed E-state index contributed by atoms with van der Waals surface area (Å²) in [6, 6.07) is 8.58. The van der Waals surface area contributed by atoms with Crippen LogP contribution in [0.4, 0.5) is 0 Å². The first kappa shape index (κ1) is 11.2. The molecule has 3 nitrogen and oxygen atoms in total. The van der Waals surface area contributed by atoms with Crippen molar-refractivity contribution >= 4 is 10.1 Å². The molecule has 1 radical (unpaired) electrons. The lowest BCUT2D eigenvalue weighted by molar-refractivity contribution is 0.375. The third-order valence-electron chi connectivity index (χ3n) is 2.61. The highest BCUT2D eigenvalue weighted by molar-refractivity contribution is 7.86. The van der Waals surface area contributed by atoms with Gasteiger partial charge in [0.2, 0.25) is 0 Å². The summed E-state index contributed by atoms with van der Waals surface area (Å²) in [6.45, 7) is 3.16. The molecule has 1 unspecified atom stereocenters. The van der Waals surface area contributed by atoms with Crippen molar-refractivity contribution in [1.29, 1.82) is 0 Å². The third-order valence-corrected chi connectivity index (χ3v) is 4.24. The van der Waals surface area contributed by atoms with Gasteiger partial charge in [-0.2, -0.15) is 8.42 Å². The van der Waals surface area contributed by atoms with Crippen molar-refractivity contribution in [2.24, 2.45) is 0 Å². The van der Waals surface area contributed by atoms with Crippen LogP contribution in [0.1, 0.15) is 25.8 Å². The smallest absolute Gasteiger partial charge is 0.196 e. The lowest BCUT2D eigenvalue weighted by Gasteiger charge is -2.23. The fraction of sp³-hybridized carbons (Fsp3) is 0.400. The van der Waals surface area contributed by atoms with Crippen molar-refractivity contribution in [1.82, 2.24) is 0 Å². The molecule has 0 aromatic heterocycles. The Kier molecular flexibility index (Phi) is 2.97. The van der Waals surface area contributed by atoms with E-state index in [-0.39, 0.29) is 6.42 Å². The highest BCUT2D eigenvalue weighted by Crippen LogP contribution is 2.32. The molecule has 14 heavy (non-hydrogen) atoms. The van der Waals surface area contributed by atoms with E-state index in [9.17, 15) is 13.0 Å². The summed E-state index contributed by atoms with van der Waals surface area (Å²) in [5, 5.41) is 0. The molecule has 1 rings (SSSR count). The van der Waals surface area contributed by atoms with Gasteiger partial charge in [0, 0.05) is 0 Å². The van der Waals surface area contributed by atoms with Gasteiger partial charge in [0.25, 0.3) is 0 Å². The molecule has 0 aliphatic rings. The molecule has 0 saturated heterocycles. The average Bonchev–Trinajstić information content (AvgIpc) is 2.16. The lowest BCUT2D eigenvalue weighted by Crippen LogP contribution is -2.30. The lowest BCUT2D eigenvalue weighted by atomic mass is 9.98. The zero-order valence-corrected chi connectivity index (χ0v) is 9.04. The van der Waals surface area contributed by atoms with Crippen LogP contribution in [0.5, 0.6) is 0 Å². The van der Waals surface area contributed by atoms with Crippen molar-refractivity contribution < 1.29 is 13.0 Å². The summed E-state index contributed by atoms with van der Waals surface area (Å²) < 4.78 is 32.1. The van der Waals surface area contributed by atoms with Crippen LogP contribution >= 0.6 is 0 Å². The van der Waals surface area contributed by atoms with Gasteiger partial charge in [-0.3, -0.25) is 0 Å². The second kappa shape index (κ2) is 3.71. The summed E-state index contributed by atoms with van der Waals surface area (Å²) in [4.78, 5) is 0. The van der Waals surface area contributed by atoms with Crippen LogP contribution in [-0.4, -0.2) is 8.42 Å². The molecule has 0 heterocycles. The van der Waals surface area contributed by atoms with E-state index < -0.39 is 14.9 Å². The number of hydrogen-bond donors (Lipinski definition) is 0. The molecule has 0 N–H and O–H groups in total. The molecule has 0 saturated carbocycles. The number of benzene rings is 1. The standard InChI is InChI=1S/C10H13O3S/c1-3-10(2,14(11,12)13)9-7-5-4-6-8-9/h4-8H,3H2,1-2H3. The van der Waals surface area contributed by atoms with Crippen molar-refractivity contribution in [3.8, 4) is 0 Å². The fourth-order valence-corrected chi connectivity index (χ4v) is 2.09. The van der Waals surface area contributed by atoms with Crippen LogP contribution in [0.25, 0.3) is 0 Å². The van der Waals surface area contributed by atoms with Crippen LogP contribution in [-0.2, 0) is 19.4 Å². The van der Waals surface area contributed by atoms with Gasteiger partial charge in [-0.25, -0.2) is 0 Å². The highest BCUT2D eigenvalue weighted by atomic mass is 32.2. The van der Waals surface area contributed by atoms with Gasteiger partial charge in [-0.05, 0) is 18.9 Å². The zero-order valence-electron chi connectivity index (χ0n) is 8.23. The van der Waals surface area contributed by atoms with E-state index in [0.29, 0.717) is 5.56 Å². The highest BCUT2D eigenvalue weighted by Gasteiger charge is 2.39. The van der Waals surface area contributed by atoms with E-state index in [1.165, 1.54) is 6.92 Å². The predicted octanol–water partition coefficient (Wildman–Crippen LogP) is 2.07. The van der Waals surface area contributed by atoms with Crippen molar-refractivity contribution in [3.05, 3.63) is 35.9 Å². The molecule has 0 aliphatic carbocycles. The summed E-state index contributed by atoms with van der Waals surface area (Å²) >= 11 is 0. The van der Waals surface area contributed by atoms with Gasteiger partial charge in [0.05, 0.1) is 0 Å². The van der Waals surface area contributed by atoms with Crippen molar-refractivity contribution in [2.45, 2.75) is 25.0 Å². The Morgan fingerprint density at radius 3 is 2.07 bits per heavy atom. The SMILES string of the molecule is CCC(C)(c1ccccc1)S([O])(=O)=O. The Bertz CT molecular complexity index is 397. The topological polar surface area (TPSA) is 54.0 Å². The minimum atomic E-state index is -4.32. The molecule has 0 spiro atoms. The summed E-state index contributed by atoms with van der Waals surface area (Å²) in [5.74, 6) is 0. The first-order chi connectivity index (χ1) is 6.42. The molecule has 77 valence electrons. The van der Waals surface area contributed by atoms with Crippen molar-refractivity contribution in [3.63, 3.8) is 0 Å². The predicted molar refractivity (Wildman–Crippen MR) is 53.7 cm³/mol. The third kappa shape index (κ3) is 1.81. The van der Waals surface area contributed by atoms with Gasteiger partial charge in [0.15, 0.2) is 0 Å². The Morgan fingerprint density at radius 1 is 1.21 bits per heavy atom. The molecule has 0 fully saturated rings. The first-order valence-corrected chi connectivity index (χ1v) is 5.83. The Labute approximate surface area is 84.5 Å². The van der Waals surface area contributed by atoms with Gasteiger partial charge < -0.3 is 0 Å². The maximum absolute atomic E-state index is 11.1. The average molecular weight is 213 g/mol. The van der Waals surface area contributed by atoms with Gasteiger partial charge >= 0.3 is 10.1 Å². The molecular formula is C10H13O3S. The van der Waals surface area contributed by atoms with E-state index in [4.69, 9.17) is 0 Å². The molecule has 0 amide bonds. The normalized spacial score (nSPS) is 16.2. The zero-order chi connectivity index (χ0) is 10.8. The number of hydrogen-bond acceptors (Lipinski definition) is 2. The van der Waals surface area contributed by atoms with Crippen molar-refractivity contribution in [2.75, 3.05) is 0 Å². The molecule has 4 heteroatoms. The number of rotatable bonds is 3. The fourth-order valence-electron chi connectivity index (χ4n) is 1.32. The minimum Gasteiger partial charge on any atom is -0.196 e. The van der Waals surface area contributed by atoms with E-state index in [1.54, 1.807) is 37.3 Å².